The highest BCUT2D eigenvalue weighted by Gasteiger charge is 2.16. The Hall–Kier alpha value is -0.790. The lowest BCUT2D eigenvalue weighted by Crippen LogP contribution is -2.39. The van der Waals surface area contributed by atoms with E-state index in [2.05, 4.69) is 33.9 Å². The zero-order chi connectivity index (χ0) is 16.7. The minimum atomic E-state index is -0.160. The van der Waals surface area contributed by atoms with Gasteiger partial charge in [0.15, 0.2) is 5.16 Å². The van der Waals surface area contributed by atoms with E-state index in [9.17, 15) is 4.79 Å². The molecule has 0 spiro atoms. The van der Waals surface area contributed by atoms with Crippen LogP contribution in [0.25, 0.3) is 0 Å². The van der Waals surface area contributed by atoms with Crippen LogP contribution in [-0.4, -0.2) is 39.5 Å². The molecule has 134 valence electrons. The number of halogens is 1. The molecule has 1 aromatic rings. The smallest absolute Gasteiger partial charge is 0.224 e. The number of thioether (sulfide) groups is 1. The standard InChI is InChI=1S/C15H29N5OS.ClH/c1-10(2)9-20-13(18-19-15(20)22-5)7-6-8-17-14(21)11(3)12(4)16;/h10-12H,6-9,16H2,1-5H3,(H,17,21);1H. The third-order valence-corrected chi connectivity index (χ3v) is 4.27. The summed E-state index contributed by atoms with van der Waals surface area (Å²) in [6, 6.07) is -0.127. The maximum absolute atomic E-state index is 11.8. The zero-order valence-electron chi connectivity index (χ0n) is 14.7. The molecule has 23 heavy (non-hydrogen) atoms. The van der Waals surface area contributed by atoms with Crippen LogP contribution in [0.4, 0.5) is 0 Å². The second-order valence-electron chi connectivity index (χ2n) is 6.15. The minimum absolute atomic E-state index is 0. The number of rotatable bonds is 9. The zero-order valence-corrected chi connectivity index (χ0v) is 16.3. The predicted octanol–water partition coefficient (Wildman–Crippen LogP) is 2.11. The van der Waals surface area contributed by atoms with E-state index < -0.39 is 0 Å². The summed E-state index contributed by atoms with van der Waals surface area (Å²) in [5, 5.41) is 12.4. The SMILES string of the molecule is CSc1nnc(CCCNC(=O)C(C)C(C)N)n1CC(C)C.Cl. The summed E-state index contributed by atoms with van der Waals surface area (Å²) in [7, 11) is 0. The molecule has 0 aliphatic carbocycles. The monoisotopic (exact) mass is 363 g/mol. The van der Waals surface area contributed by atoms with Gasteiger partial charge in [0.2, 0.25) is 5.91 Å². The normalized spacial score (nSPS) is 13.5. The van der Waals surface area contributed by atoms with Crippen molar-refractivity contribution in [3.05, 3.63) is 5.82 Å². The molecule has 0 saturated heterocycles. The average Bonchev–Trinajstić information content (AvgIpc) is 2.83. The Morgan fingerprint density at radius 3 is 2.48 bits per heavy atom. The van der Waals surface area contributed by atoms with E-state index in [0.29, 0.717) is 12.5 Å². The number of amides is 1. The molecule has 1 heterocycles. The lowest BCUT2D eigenvalue weighted by molar-refractivity contribution is -0.124. The fraction of sp³-hybridized carbons (Fsp3) is 0.800. The van der Waals surface area contributed by atoms with Crippen LogP contribution >= 0.6 is 24.2 Å². The van der Waals surface area contributed by atoms with E-state index >= 15 is 0 Å². The van der Waals surface area contributed by atoms with Crippen LogP contribution in [-0.2, 0) is 17.8 Å². The van der Waals surface area contributed by atoms with Crippen molar-refractivity contribution >= 4 is 30.1 Å². The van der Waals surface area contributed by atoms with Crippen molar-refractivity contribution in [2.24, 2.45) is 17.6 Å². The molecular formula is C15H30ClN5OS. The number of hydrogen-bond donors (Lipinski definition) is 2. The van der Waals surface area contributed by atoms with Gasteiger partial charge in [-0.1, -0.05) is 32.5 Å². The van der Waals surface area contributed by atoms with E-state index in [1.807, 2.05) is 20.1 Å². The van der Waals surface area contributed by atoms with Crippen molar-refractivity contribution < 1.29 is 4.79 Å². The first-order valence-electron chi connectivity index (χ1n) is 7.86. The van der Waals surface area contributed by atoms with Crippen molar-refractivity contribution in [3.8, 4) is 0 Å². The lowest BCUT2D eigenvalue weighted by Gasteiger charge is -2.15. The van der Waals surface area contributed by atoms with Crippen LogP contribution in [0.5, 0.6) is 0 Å². The first-order valence-corrected chi connectivity index (χ1v) is 9.08. The van der Waals surface area contributed by atoms with Crippen molar-refractivity contribution in [1.29, 1.82) is 0 Å². The van der Waals surface area contributed by atoms with Gasteiger partial charge in [-0.15, -0.1) is 22.6 Å². The van der Waals surface area contributed by atoms with E-state index in [1.54, 1.807) is 11.8 Å². The Morgan fingerprint density at radius 1 is 1.30 bits per heavy atom. The maximum atomic E-state index is 11.8. The first kappa shape index (κ1) is 22.2. The first-order chi connectivity index (χ1) is 10.4. The third-order valence-electron chi connectivity index (χ3n) is 3.60. The highest BCUT2D eigenvalue weighted by Crippen LogP contribution is 2.16. The van der Waals surface area contributed by atoms with Crippen LogP contribution in [0, 0.1) is 11.8 Å². The molecule has 3 N–H and O–H groups in total. The van der Waals surface area contributed by atoms with E-state index in [4.69, 9.17) is 5.73 Å². The number of carbonyl (C=O) groups is 1. The van der Waals surface area contributed by atoms with Gasteiger partial charge in [0.25, 0.3) is 0 Å². The Labute approximate surface area is 149 Å². The largest absolute Gasteiger partial charge is 0.356 e. The van der Waals surface area contributed by atoms with Crippen molar-refractivity contribution in [3.63, 3.8) is 0 Å². The molecule has 2 atom stereocenters. The second kappa shape index (κ2) is 10.9. The van der Waals surface area contributed by atoms with Gasteiger partial charge in [-0.2, -0.15) is 0 Å². The molecule has 0 aliphatic heterocycles. The highest BCUT2D eigenvalue weighted by atomic mass is 35.5. The molecule has 0 aliphatic rings. The van der Waals surface area contributed by atoms with Crippen LogP contribution in [0.15, 0.2) is 5.16 Å². The summed E-state index contributed by atoms with van der Waals surface area (Å²) in [4.78, 5) is 11.8. The van der Waals surface area contributed by atoms with Gasteiger partial charge in [0.1, 0.15) is 5.82 Å². The molecular weight excluding hydrogens is 334 g/mol. The van der Waals surface area contributed by atoms with E-state index in [-0.39, 0.29) is 30.3 Å². The topological polar surface area (TPSA) is 85.8 Å². The van der Waals surface area contributed by atoms with Gasteiger partial charge in [0.05, 0.1) is 0 Å². The summed E-state index contributed by atoms with van der Waals surface area (Å²) in [5.41, 5.74) is 5.73. The fourth-order valence-electron chi connectivity index (χ4n) is 2.06. The van der Waals surface area contributed by atoms with E-state index in [0.717, 1.165) is 30.4 Å². The lowest BCUT2D eigenvalue weighted by atomic mass is 10.0. The van der Waals surface area contributed by atoms with Crippen LogP contribution in [0.3, 0.4) is 0 Å². The number of aryl methyl sites for hydroxylation is 1. The van der Waals surface area contributed by atoms with Crippen molar-refractivity contribution in [2.75, 3.05) is 12.8 Å². The van der Waals surface area contributed by atoms with Gasteiger partial charge < -0.3 is 15.6 Å². The fourth-order valence-corrected chi connectivity index (χ4v) is 2.58. The third kappa shape index (κ3) is 7.10. The van der Waals surface area contributed by atoms with Crippen LogP contribution in [0.1, 0.15) is 39.9 Å². The molecule has 0 aromatic carbocycles. The number of nitrogens with zero attached hydrogens (tertiary/aromatic N) is 3. The average molecular weight is 364 g/mol. The Bertz CT molecular complexity index is 478. The highest BCUT2D eigenvalue weighted by molar-refractivity contribution is 7.98. The molecule has 0 fully saturated rings. The van der Waals surface area contributed by atoms with Crippen LogP contribution < -0.4 is 11.1 Å². The molecule has 1 rings (SSSR count). The molecule has 0 radical (unpaired) electrons. The molecule has 1 aromatic heterocycles. The maximum Gasteiger partial charge on any atom is 0.224 e. The summed E-state index contributed by atoms with van der Waals surface area (Å²) in [6.07, 6.45) is 3.68. The Morgan fingerprint density at radius 2 is 1.96 bits per heavy atom. The van der Waals surface area contributed by atoms with Gasteiger partial charge in [0, 0.05) is 31.5 Å². The Kier molecular flexibility index (Phi) is 10.5. The molecule has 0 saturated carbocycles. The van der Waals surface area contributed by atoms with Gasteiger partial charge in [-0.05, 0) is 25.5 Å². The number of nitrogens with one attached hydrogen (secondary N) is 1. The molecule has 2 unspecified atom stereocenters. The van der Waals surface area contributed by atoms with E-state index in [1.165, 1.54) is 0 Å². The summed E-state index contributed by atoms with van der Waals surface area (Å²) >= 11 is 1.62. The van der Waals surface area contributed by atoms with Crippen LogP contribution in [0.2, 0.25) is 0 Å². The van der Waals surface area contributed by atoms with Gasteiger partial charge >= 0.3 is 0 Å². The van der Waals surface area contributed by atoms with Gasteiger partial charge in [-0.25, -0.2) is 0 Å². The molecule has 0 bridgehead atoms. The second-order valence-corrected chi connectivity index (χ2v) is 6.92. The molecule has 1 amide bonds. The number of aromatic nitrogens is 3. The molecule has 6 nitrogen and oxygen atoms in total. The Balaban J connectivity index is 0.00000484. The summed E-state index contributed by atoms with van der Waals surface area (Å²) < 4.78 is 2.18. The molecule has 8 heteroatoms. The number of carbonyl (C=O) groups excluding carboxylic acids is 1. The minimum Gasteiger partial charge on any atom is -0.356 e. The quantitative estimate of drug-likeness (QED) is 0.518. The number of hydrogen-bond acceptors (Lipinski definition) is 5. The van der Waals surface area contributed by atoms with Crippen molar-refractivity contribution in [1.82, 2.24) is 20.1 Å². The van der Waals surface area contributed by atoms with Gasteiger partial charge in [-0.3, -0.25) is 4.79 Å². The van der Waals surface area contributed by atoms with Crippen molar-refractivity contribution in [2.45, 2.75) is 58.3 Å². The predicted molar refractivity (Wildman–Crippen MR) is 98.0 cm³/mol. The summed E-state index contributed by atoms with van der Waals surface area (Å²) in [5.74, 6) is 1.40. The summed E-state index contributed by atoms with van der Waals surface area (Å²) in [6.45, 7) is 9.63. The number of nitrogens with two attached hydrogens (primary N) is 1.